The number of rotatable bonds is 9. The monoisotopic (exact) mass is 253 g/mol. The highest BCUT2D eigenvalue weighted by atomic mass is 16.5. The van der Waals surface area contributed by atoms with E-state index >= 15 is 0 Å². The van der Waals surface area contributed by atoms with Gasteiger partial charge in [-0.1, -0.05) is 6.07 Å². The average Bonchev–Trinajstić information content (AvgIpc) is 2.35. The van der Waals surface area contributed by atoms with E-state index in [2.05, 4.69) is 13.0 Å². The van der Waals surface area contributed by atoms with Crippen LogP contribution in [0.5, 0.6) is 0 Å². The third-order valence-corrected chi connectivity index (χ3v) is 2.69. The summed E-state index contributed by atoms with van der Waals surface area (Å²) in [7, 11) is 1.66. The van der Waals surface area contributed by atoms with Gasteiger partial charge < -0.3 is 19.9 Å². The third kappa shape index (κ3) is 6.00. The van der Waals surface area contributed by atoms with Crippen LogP contribution in [0.1, 0.15) is 11.1 Å². The molecule has 0 aliphatic carbocycles. The molecule has 0 atom stereocenters. The SMILES string of the molecule is COCCOCCOCCc1ccc(N)cc1C. The molecule has 0 fully saturated rings. The zero-order valence-electron chi connectivity index (χ0n) is 11.3. The van der Waals surface area contributed by atoms with E-state index in [0.29, 0.717) is 33.0 Å². The van der Waals surface area contributed by atoms with Crippen molar-refractivity contribution in [2.75, 3.05) is 45.9 Å². The van der Waals surface area contributed by atoms with Crippen molar-refractivity contribution in [3.05, 3.63) is 29.3 Å². The van der Waals surface area contributed by atoms with E-state index < -0.39 is 0 Å². The molecule has 0 saturated heterocycles. The number of nitrogen functional groups attached to an aromatic ring is 1. The van der Waals surface area contributed by atoms with Crippen LogP contribution in [0, 0.1) is 6.92 Å². The van der Waals surface area contributed by atoms with Crippen molar-refractivity contribution in [1.82, 2.24) is 0 Å². The molecule has 0 amide bonds. The fourth-order valence-electron chi connectivity index (χ4n) is 1.65. The molecule has 4 nitrogen and oxygen atoms in total. The minimum absolute atomic E-state index is 0.615. The maximum absolute atomic E-state index is 5.70. The highest BCUT2D eigenvalue weighted by Crippen LogP contribution is 2.12. The molecule has 0 bridgehead atoms. The Balaban J connectivity index is 2.07. The van der Waals surface area contributed by atoms with E-state index in [1.54, 1.807) is 7.11 Å². The summed E-state index contributed by atoms with van der Waals surface area (Å²) in [4.78, 5) is 0. The second kappa shape index (κ2) is 8.91. The van der Waals surface area contributed by atoms with Crippen molar-refractivity contribution in [2.24, 2.45) is 0 Å². The first kappa shape index (κ1) is 15.0. The molecule has 18 heavy (non-hydrogen) atoms. The topological polar surface area (TPSA) is 53.7 Å². The Morgan fingerprint density at radius 2 is 1.67 bits per heavy atom. The Morgan fingerprint density at radius 3 is 2.33 bits per heavy atom. The average molecular weight is 253 g/mol. The zero-order valence-corrected chi connectivity index (χ0v) is 11.3. The van der Waals surface area contributed by atoms with Gasteiger partial charge in [-0.25, -0.2) is 0 Å². The summed E-state index contributed by atoms with van der Waals surface area (Å²) < 4.78 is 15.7. The van der Waals surface area contributed by atoms with Crippen molar-refractivity contribution in [3.8, 4) is 0 Å². The second-order valence-electron chi connectivity index (χ2n) is 4.15. The predicted molar refractivity (Wildman–Crippen MR) is 72.8 cm³/mol. The van der Waals surface area contributed by atoms with Gasteiger partial charge in [-0.2, -0.15) is 0 Å². The van der Waals surface area contributed by atoms with Crippen molar-refractivity contribution in [2.45, 2.75) is 13.3 Å². The summed E-state index contributed by atoms with van der Waals surface area (Å²) in [6, 6.07) is 5.97. The molecule has 1 aromatic carbocycles. The lowest BCUT2D eigenvalue weighted by molar-refractivity contribution is 0.0255. The molecule has 1 rings (SSSR count). The lowest BCUT2D eigenvalue weighted by atomic mass is 10.1. The van der Waals surface area contributed by atoms with Crippen LogP contribution in [0.15, 0.2) is 18.2 Å². The number of anilines is 1. The highest BCUT2D eigenvalue weighted by molar-refractivity contribution is 5.44. The van der Waals surface area contributed by atoms with E-state index in [1.807, 2.05) is 12.1 Å². The fraction of sp³-hybridized carbons (Fsp3) is 0.571. The van der Waals surface area contributed by atoms with Crippen molar-refractivity contribution in [3.63, 3.8) is 0 Å². The van der Waals surface area contributed by atoms with Gasteiger partial charge in [-0.05, 0) is 36.6 Å². The van der Waals surface area contributed by atoms with Gasteiger partial charge >= 0.3 is 0 Å². The quantitative estimate of drug-likeness (QED) is 0.538. The Labute approximate surface area is 109 Å². The van der Waals surface area contributed by atoms with Gasteiger partial charge in [0.05, 0.1) is 33.0 Å². The molecule has 0 radical (unpaired) electrons. The van der Waals surface area contributed by atoms with E-state index in [9.17, 15) is 0 Å². The van der Waals surface area contributed by atoms with Crippen LogP contribution < -0.4 is 5.73 Å². The van der Waals surface area contributed by atoms with Crippen LogP contribution in [0.25, 0.3) is 0 Å². The molecular formula is C14H23NO3. The Kier molecular flexibility index (Phi) is 7.41. The lowest BCUT2D eigenvalue weighted by Gasteiger charge is -2.08. The van der Waals surface area contributed by atoms with Gasteiger partial charge in [0, 0.05) is 12.8 Å². The van der Waals surface area contributed by atoms with Crippen molar-refractivity contribution in [1.29, 1.82) is 0 Å². The first-order valence-electron chi connectivity index (χ1n) is 6.23. The molecule has 0 aliphatic rings. The number of benzene rings is 1. The van der Waals surface area contributed by atoms with Crippen LogP contribution >= 0.6 is 0 Å². The van der Waals surface area contributed by atoms with Gasteiger partial charge in [-0.3, -0.25) is 0 Å². The van der Waals surface area contributed by atoms with Crippen LogP contribution in [0.4, 0.5) is 5.69 Å². The summed E-state index contributed by atoms with van der Waals surface area (Å²) in [6.07, 6.45) is 0.907. The zero-order chi connectivity index (χ0) is 13.2. The molecule has 0 aromatic heterocycles. The second-order valence-corrected chi connectivity index (χ2v) is 4.15. The van der Waals surface area contributed by atoms with E-state index in [4.69, 9.17) is 19.9 Å². The first-order chi connectivity index (χ1) is 8.74. The normalized spacial score (nSPS) is 10.8. The number of methoxy groups -OCH3 is 1. The molecule has 2 N–H and O–H groups in total. The van der Waals surface area contributed by atoms with Crippen molar-refractivity contribution < 1.29 is 14.2 Å². The summed E-state index contributed by atoms with van der Waals surface area (Å²) >= 11 is 0. The number of aryl methyl sites for hydroxylation is 1. The molecule has 4 heteroatoms. The van der Waals surface area contributed by atoms with Gasteiger partial charge in [0.25, 0.3) is 0 Å². The van der Waals surface area contributed by atoms with Gasteiger partial charge in [-0.15, -0.1) is 0 Å². The number of nitrogens with two attached hydrogens (primary N) is 1. The molecule has 0 unspecified atom stereocenters. The molecule has 0 spiro atoms. The Morgan fingerprint density at radius 1 is 1.00 bits per heavy atom. The molecule has 0 aliphatic heterocycles. The first-order valence-corrected chi connectivity index (χ1v) is 6.23. The number of hydrogen-bond donors (Lipinski definition) is 1. The highest BCUT2D eigenvalue weighted by Gasteiger charge is 1.99. The molecular weight excluding hydrogens is 230 g/mol. The maximum atomic E-state index is 5.70. The molecule has 0 heterocycles. The van der Waals surface area contributed by atoms with Crippen LogP contribution in [-0.4, -0.2) is 40.1 Å². The standard InChI is InChI=1S/C14H23NO3/c1-12-11-14(15)4-3-13(12)5-6-17-9-10-18-8-7-16-2/h3-4,11H,5-10,15H2,1-2H3. The minimum atomic E-state index is 0.615. The van der Waals surface area contributed by atoms with Crippen LogP contribution in [0.2, 0.25) is 0 Å². The molecule has 0 saturated carbocycles. The van der Waals surface area contributed by atoms with Gasteiger partial charge in [0.2, 0.25) is 0 Å². The number of ether oxygens (including phenoxy) is 3. The number of hydrogen-bond acceptors (Lipinski definition) is 4. The van der Waals surface area contributed by atoms with Crippen LogP contribution in [-0.2, 0) is 20.6 Å². The van der Waals surface area contributed by atoms with Gasteiger partial charge in [0.15, 0.2) is 0 Å². The summed E-state index contributed by atoms with van der Waals surface area (Å²) in [6.45, 7) is 5.27. The van der Waals surface area contributed by atoms with Crippen LogP contribution in [0.3, 0.4) is 0 Å². The Bertz CT molecular complexity index is 342. The van der Waals surface area contributed by atoms with E-state index in [0.717, 1.165) is 12.1 Å². The minimum Gasteiger partial charge on any atom is -0.399 e. The molecule has 102 valence electrons. The molecule has 1 aromatic rings. The van der Waals surface area contributed by atoms with E-state index in [-0.39, 0.29) is 0 Å². The maximum Gasteiger partial charge on any atom is 0.0701 e. The largest absolute Gasteiger partial charge is 0.399 e. The van der Waals surface area contributed by atoms with Gasteiger partial charge in [0.1, 0.15) is 0 Å². The summed E-state index contributed by atoms with van der Waals surface area (Å²) in [5, 5.41) is 0. The Hall–Kier alpha value is -1.10. The van der Waals surface area contributed by atoms with Crippen molar-refractivity contribution >= 4 is 5.69 Å². The fourth-order valence-corrected chi connectivity index (χ4v) is 1.65. The summed E-state index contributed by atoms with van der Waals surface area (Å²) in [5.74, 6) is 0. The third-order valence-electron chi connectivity index (χ3n) is 2.69. The summed E-state index contributed by atoms with van der Waals surface area (Å²) in [5.41, 5.74) is 9.01. The lowest BCUT2D eigenvalue weighted by Crippen LogP contribution is -2.10. The predicted octanol–water partition coefficient (Wildman–Crippen LogP) is 1.80. The van der Waals surface area contributed by atoms with E-state index in [1.165, 1.54) is 11.1 Å². The smallest absolute Gasteiger partial charge is 0.0701 e.